The van der Waals surface area contributed by atoms with Crippen LogP contribution in [0.25, 0.3) is 11.1 Å². The zero-order valence-corrected chi connectivity index (χ0v) is 6.96. The van der Waals surface area contributed by atoms with Crippen molar-refractivity contribution in [3.63, 3.8) is 0 Å². The lowest BCUT2D eigenvalue weighted by Crippen LogP contribution is -1.85. The highest BCUT2D eigenvalue weighted by Gasteiger charge is 2.12. The van der Waals surface area contributed by atoms with Crippen molar-refractivity contribution in [2.24, 2.45) is 0 Å². The van der Waals surface area contributed by atoms with Crippen LogP contribution in [-0.4, -0.2) is 15.3 Å². The summed E-state index contributed by atoms with van der Waals surface area (Å²) in [4.78, 5) is 0. The number of nitrogens with one attached hydrogen (secondary N) is 1. The number of H-pyrrole nitrogens is 1. The molecule has 0 saturated carbocycles. The third kappa shape index (κ3) is 1.32. The maximum Gasteiger partial charge on any atom is 0.168 e. The zero-order chi connectivity index (χ0) is 10.1. The zero-order valence-electron chi connectivity index (χ0n) is 6.96. The summed E-state index contributed by atoms with van der Waals surface area (Å²) in [6.45, 7) is 0. The molecule has 0 aliphatic rings. The van der Waals surface area contributed by atoms with E-state index in [2.05, 4.69) is 10.2 Å². The number of rotatable bonds is 1. The van der Waals surface area contributed by atoms with Gasteiger partial charge in [0.1, 0.15) is 5.82 Å². The number of aromatic amines is 1. The molecule has 1 aromatic carbocycles. The quantitative estimate of drug-likeness (QED) is 0.733. The number of phenolic OH excluding ortho intramolecular Hbond substituents is 1. The number of aromatic hydroxyl groups is 1. The van der Waals surface area contributed by atoms with Gasteiger partial charge in [-0.05, 0) is 6.07 Å². The first kappa shape index (κ1) is 8.68. The molecule has 0 fully saturated rings. The molecule has 2 aromatic rings. The van der Waals surface area contributed by atoms with Gasteiger partial charge in [-0.3, -0.25) is 5.10 Å². The van der Waals surface area contributed by atoms with Crippen LogP contribution in [0.4, 0.5) is 8.78 Å². The standard InChI is InChI=1S/C9H6F2N2O/c10-6-1-7(5-3-12-13-4-5)9(14)8(11)2-6/h1-4,14H,(H,12,13). The highest BCUT2D eigenvalue weighted by atomic mass is 19.1. The van der Waals surface area contributed by atoms with Gasteiger partial charge in [-0.25, -0.2) is 8.78 Å². The predicted molar refractivity (Wildman–Crippen MR) is 45.6 cm³/mol. The lowest BCUT2D eigenvalue weighted by Gasteiger charge is -2.02. The molecule has 0 atom stereocenters. The van der Waals surface area contributed by atoms with Crippen molar-refractivity contribution in [3.05, 3.63) is 36.2 Å². The van der Waals surface area contributed by atoms with Crippen molar-refractivity contribution in [3.8, 4) is 16.9 Å². The average Bonchev–Trinajstić information content (AvgIpc) is 2.63. The van der Waals surface area contributed by atoms with Crippen molar-refractivity contribution >= 4 is 0 Å². The SMILES string of the molecule is Oc1c(F)cc(F)cc1-c1cn[nH]c1. The number of aromatic nitrogens is 2. The van der Waals surface area contributed by atoms with Crippen LogP contribution in [0, 0.1) is 11.6 Å². The summed E-state index contributed by atoms with van der Waals surface area (Å²) in [6, 6.07) is 1.67. The predicted octanol–water partition coefficient (Wildman–Crippen LogP) is 2.06. The number of benzene rings is 1. The number of halogens is 2. The van der Waals surface area contributed by atoms with Crippen molar-refractivity contribution in [2.45, 2.75) is 0 Å². The van der Waals surface area contributed by atoms with Gasteiger partial charge >= 0.3 is 0 Å². The Labute approximate surface area is 78.0 Å². The third-order valence-electron chi connectivity index (χ3n) is 1.84. The molecule has 0 saturated heterocycles. The van der Waals surface area contributed by atoms with Crippen molar-refractivity contribution in [1.82, 2.24) is 10.2 Å². The Bertz CT molecular complexity index is 454. The molecule has 72 valence electrons. The summed E-state index contributed by atoms with van der Waals surface area (Å²) in [5.74, 6) is -2.30. The molecule has 0 aliphatic heterocycles. The Hall–Kier alpha value is -1.91. The second-order valence-electron chi connectivity index (χ2n) is 2.77. The van der Waals surface area contributed by atoms with E-state index in [1.54, 1.807) is 0 Å². The number of hydrogen-bond acceptors (Lipinski definition) is 2. The van der Waals surface area contributed by atoms with Crippen LogP contribution in [0.2, 0.25) is 0 Å². The number of phenols is 1. The number of hydrogen-bond donors (Lipinski definition) is 2. The van der Waals surface area contributed by atoms with Gasteiger partial charge in [0.25, 0.3) is 0 Å². The Morgan fingerprint density at radius 3 is 2.71 bits per heavy atom. The minimum Gasteiger partial charge on any atom is -0.504 e. The molecule has 0 radical (unpaired) electrons. The van der Waals surface area contributed by atoms with E-state index in [1.807, 2.05) is 0 Å². The van der Waals surface area contributed by atoms with Gasteiger partial charge in [-0.15, -0.1) is 0 Å². The van der Waals surface area contributed by atoms with Gasteiger partial charge in [0.05, 0.1) is 6.20 Å². The van der Waals surface area contributed by atoms with Crippen molar-refractivity contribution in [1.29, 1.82) is 0 Å². The maximum atomic E-state index is 12.9. The minimum atomic E-state index is -0.985. The fraction of sp³-hybridized carbons (Fsp3) is 0. The highest BCUT2D eigenvalue weighted by molar-refractivity contribution is 5.68. The van der Waals surface area contributed by atoms with Crippen LogP contribution in [0.5, 0.6) is 5.75 Å². The minimum absolute atomic E-state index is 0.0799. The maximum absolute atomic E-state index is 12.9. The van der Waals surface area contributed by atoms with Gasteiger partial charge in [0.15, 0.2) is 11.6 Å². The summed E-state index contributed by atoms with van der Waals surface area (Å²) in [5, 5.41) is 15.4. The summed E-state index contributed by atoms with van der Waals surface area (Å²) in [6.07, 6.45) is 2.81. The average molecular weight is 196 g/mol. The normalized spacial score (nSPS) is 10.4. The third-order valence-corrected chi connectivity index (χ3v) is 1.84. The first-order chi connectivity index (χ1) is 6.68. The molecule has 3 nitrogen and oxygen atoms in total. The Kier molecular flexibility index (Phi) is 1.92. The summed E-state index contributed by atoms with van der Waals surface area (Å²) < 4.78 is 25.7. The molecule has 1 heterocycles. The number of nitrogens with zero attached hydrogens (tertiary/aromatic N) is 1. The van der Waals surface area contributed by atoms with Crippen molar-refractivity contribution in [2.75, 3.05) is 0 Å². The van der Waals surface area contributed by atoms with Crippen LogP contribution in [0.15, 0.2) is 24.5 Å². The van der Waals surface area contributed by atoms with Gasteiger partial charge in [0, 0.05) is 23.4 Å². The second kappa shape index (κ2) is 3.10. The fourth-order valence-electron chi connectivity index (χ4n) is 1.18. The van der Waals surface area contributed by atoms with E-state index in [4.69, 9.17) is 0 Å². The smallest absolute Gasteiger partial charge is 0.168 e. The van der Waals surface area contributed by atoms with E-state index >= 15 is 0 Å². The van der Waals surface area contributed by atoms with E-state index in [0.717, 1.165) is 6.07 Å². The largest absolute Gasteiger partial charge is 0.504 e. The molecule has 0 bridgehead atoms. The van der Waals surface area contributed by atoms with Crippen molar-refractivity contribution < 1.29 is 13.9 Å². The highest BCUT2D eigenvalue weighted by Crippen LogP contribution is 2.31. The summed E-state index contributed by atoms with van der Waals surface area (Å²) in [7, 11) is 0. The Morgan fingerprint density at radius 1 is 1.29 bits per heavy atom. The molecule has 0 aliphatic carbocycles. The molecule has 0 unspecified atom stereocenters. The van der Waals surface area contributed by atoms with E-state index in [1.165, 1.54) is 12.4 Å². The van der Waals surface area contributed by atoms with Crippen LogP contribution in [0.3, 0.4) is 0 Å². The molecular formula is C9H6F2N2O. The lowest BCUT2D eigenvalue weighted by atomic mass is 10.1. The molecule has 14 heavy (non-hydrogen) atoms. The van der Waals surface area contributed by atoms with Crippen LogP contribution >= 0.6 is 0 Å². The van der Waals surface area contributed by atoms with Crippen LogP contribution in [-0.2, 0) is 0 Å². The monoisotopic (exact) mass is 196 g/mol. The van der Waals surface area contributed by atoms with E-state index in [-0.39, 0.29) is 5.56 Å². The van der Waals surface area contributed by atoms with Gasteiger partial charge < -0.3 is 5.11 Å². The molecule has 5 heteroatoms. The second-order valence-corrected chi connectivity index (χ2v) is 2.77. The molecule has 1 aromatic heterocycles. The molecule has 0 spiro atoms. The first-order valence-electron chi connectivity index (χ1n) is 3.85. The van der Waals surface area contributed by atoms with E-state index in [0.29, 0.717) is 11.6 Å². The Morgan fingerprint density at radius 2 is 2.07 bits per heavy atom. The van der Waals surface area contributed by atoms with E-state index in [9.17, 15) is 13.9 Å². The molecule has 2 N–H and O–H groups in total. The topological polar surface area (TPSA) is 48.9 Å². The summed E-state index contributed by atoms with van der Waals surface area (Å²) >= 11 is 0. The summed E-state index contributed by atoms with van der Waals surface area (Å²) in [5.41, 5.74) is 0.511. The molecule has 2 rings (SSSR count). The fourth-order valence-corrected chi connectivity index (χ4v) is 1.18. The molecule has 0 amide bonds. The first-order valence-corrected chi connectivity index (χ1v) is 3.85. The van der Waals surface area contributed by atoms with Crippen LogP contribution < -0.4 is 0 Å². The molecular weight excluding hydrogens is 190 g/mol. The van der Waals surface area contributed by atoms with Gasteiger partial charge in [-0.2, -0.15) is 5.10 Å². The van der Waals surface area contributed by atoms with Gasteiger partial charge in [-0.1, -0.05) is 0 Å². The van der Waals surface area contributed by atoms with Gasteiger partial charge in [0.2, 0.25) is 0 Å². The lowest BCUT2D eigenvalue weighted by molar-refractivity contribution is 0.430. The van der Waals surface area contributed by atoms with Crippen LogP contribution in [0.1, 0.15) is 0 Å². The van der Waals surface area contributed by atoms with E-state index < -0.39 is 17.4 Å². The Balaban J connectivity index is 2.64.